The SMILES string of the molecule is CCCC[C@@H]1OC(=O)c2cccc(OC)c21. The van der Waals surface area contributed by atoms with Gasteiger partial charge in [-0.15, -0.1) is 0 Å². The smallest absolute Gasteiger partial charge is 0.339 e. The molecular formula is C13H16O3. The second-order valence-electron chi connectivity index (χ2n) is 3.96. The zero-order chi connectivity index (χ0) is 11.5. The summed E-state index contributed by atoms with van der Waals surface area (Å²) in [4.78, 5) is 11.6. The number of benzene rings is 1. The summed E-state index contributed by atoms with van der Waals surface area (Å²) in [7, 11) is 1.62. The van der Waals surface area contributed by atoms with Gasteiger partial charge in [0.15, 0.2) is 0 Å². The van der Waals surface area contributed by atoms with Gasteiger partial charge >= 0.3 is 5.97 Å². The maximum Gasteiger partial charge on any atom is 0.339 e. The van der Waals surface area contributed by atoms with Crippen LogP contribution in [0.15, 0.2) is 18.2 Å². The van der Waals surface area contributed by atoms with Crippen LogP contribution in [0, 0.1) is 0 Å². The molecule has 1 atom stereocenters. The number of ether oxygens (including phenoxy) is 2. The third-order valence-electron chi connectivity index (χ3n) is 2.90. The second kappa shape index (κ2) is 4.56. The summed E-state index contributed by atoms with van der Waals surface area (Å²) in [6.07, 6.45) is 2.89. The zero-order valence-electron chi connectivity index (χ0n) is 9.66. The van der Waals surface area contributed by atoms with Crippen LogP contribution in [0.1, 0.15) is 48.2 Å². The molecule has 1 aliphatic rings. The van der Waals surface area contributed by atoms with E-state index in [0.29, 0.717) is 5.56 Å². The van der Waals surface area contributed by atoms with Gasteiger partial charge in [0.05, 0.1) is 12.7 Å². The monoisotopic (exact) mass is 220 g/mol. The Morgan fingerprint density at radius 2 is 2.25 bits per heavy atom. The lowest BCUT2D eigenvalue weighted by molar-refractivity contribution is 0.0361. The molecular weight excluding hydrogens is 204 g/mol. The Hall–Kier alpha value is -1.51. The molecule has 1 aromatic rings. The molecule has 0 radical (unpaired) electrons. The van der Waals surface area contributed by atoms with Gasteiger partial charge in [-0.2, -0.15) is 0 Å². The Morgan fingerprint density at radius 1 is 1.44 bits per heavy atom. The minimum absolute atomic E-state index is 0.126. The molecule has 0 fully saturated rings. The molecule has 0 bridgehead atoms. The fourth-order valence-electron chi connectivity index (χ4n) is 2.08. The van der Waals surface area contributed by atoms with Crippen LogP contribution in [0.5, 0.6) is 5.75 Å². The molecule has 0 unspecified atom stereocenters. The van der Waals surface area contributed by atoms with Crippen LogP contribution in [0.2, 0.25) is 0 Å². The summed E-state index contributed by atoms with van der Waals surface area (Å²) >= 11 is 0. The molecule has 86 valence electrons. The quantitative estimate of drug-likeness (QED) is 0.731. The predicted molar refractivity (Wildman–Crippen MR) is 60.7 cm³/mol. The topological polar surface area (TPSA) is 35.5 Å². The number of carbonyl (C=O) groups excluding carboxylic acids is 1. The summed E-state index contributed by atoms with van der Waals surface area (Å²) in [6, 6.07) is 5.49. The number of unbranched alkanes of at least 4 members (excludes halogenated alkanes) is 1. The minimum Gasteiger partial charge on any atom is -0.496 e. The Morgan fingerprint density at radius 3 is 2.94 bits per heavy atom. The molecule has 3 heteroatoms. The molecule has 0 saturated heterocycles. The first-order valence-electron chi connectivity index (χ1n) is 5.65. The molecule has 0 saturated carbocycles. The highest BCUT2D eigenvalue weighted by Crippen LogP contribution is 2.39. The molecule has 0 amide bonds. The Balaban J connectivity index is 2.34. The van der Waals surface area contributed by atoms with Crippen molar-refractivity contribution in [2.24, 2.45) is 0 Å². The summed E-state index contributed by atoms with van der Waals surface area (Å²) in [5.41, 5.74) is 1.57. The van der Waals surface area contributed by atoms with Crippen molar-refractivity contribution < 1.29 is 14.3 Å². The fourth-order valence-corrected chi connectivity index (χ4v) is 2.08. The van der Waals surface area contributed by atoms with Crippen LogP contribution >= 0.6 is 0 Å². The fraction of sp³-hybridized carbons (Fsp3) is 0.462. The van der Waals surface area contributed by atoms with Crippen LogP contribution < -0.4 is 4.74 Å². The lowest BCUT2D eigenvalue weighted by Crippen LogP contribution is -1.99. The van der Waals surface area contributed by atoms with Gasteiger partial charge in [0.25, 0.3) is 0 Å². The molecule has 1 aliphatic heterocycles. The summed E-state index contributed by atoms with van der Waals surface area (Å²) in [5, 5.41) is 0. The number of cyclic esters (lactones) is 1. The number of hydrogen-bond donors (Lipinski definition) is 0. The third kappa shape index (κ3) is 1.77. The molecule has 1 heterocycles. The van der Waals surface area contributed by atoms with Crippen molar-refractivity contribution in [3.05, 3.63) is 29.3 Å². The van der Waals surface area contributed by atoms with Crippen LogP contribution in [0.3, 0.4) is 0 Å². The van der Waals surface area contributed by atoms with Crippen LogP contribution in [-0.2, 0) is 4.74 Å². The molecule has 3 nitrogen and oxygen atoms in total. The number of rotatable bonds is 4. The van der Waals surface area contributed by atoms with Gasteiger partial charge in [0.1, 0.15) is 11.9 Å². The van der Waals surface area contributed by atoms with E-state index in [0.717, 1.165) is 30.6 Å². The van der Waals surface area contributed by atoms with Gasteiger partial charge in [0.2, 0.25) is 0 Å². The summed E-state index contributed by atoms with van der Waals surface area (Å²) in [6.45, 7) is 2.12. The van der Waals surface area contributed by atoms with Crippen molar-refractivity contribution in [3.63, 3.8) is 0 Å². The predicted octanol–water partition coefficient (Wildman–Crippen LogP) is 3.10. The molecule has 0 aliphatic carbocycles. The van der Waals surface area contributed by atoms with E-state index >= 15 is 0 Å². The van der Waals surface area contributed by atoms with E-state index in [4.69, 9.17) is 9.47 Å². The maximum absolute atomic E-state index is 11.6. The van der Waals surface area contributed by atoms with Crippen molar-refractivity contribution in [1.82, 2.24) is 0 Å². The summed E-state index contributed by atoms with van der Waals surface area (Å²) in [5.74, 6) is 0.527. The van der Waals surface area contributed by atoms with Crippen LogP contribution in [-0.4, -0.2) is 13.1 Å². The zero-order valence-corrected chi connectivity index (χ0v) is 9.66. The molecule has 16 heavy (non-hydrogen) atoms. The lowest BCUT2D eigenvalue weighted by Gasteiger charge is -2.12. The van der Waals surface area contributed by atoms with E-state index in [-0.39, 0.29) is 12.1 Å². The van der Waals surface area contributed by atoms with Crippen molar-refractivity contribution in [1.29, 1.82) is 0 Å². The second-order valence-corrected chi connectivity index (χ2v) is 3.96. The van der Waals surface area contributed by atoms with Gasteiger partial charge in [-0.25, -0.2) is 4.79 Å². The highest BCUT2D eigenvalue weighted by molar-refractivity contribution is 5.95. The number of esters is 1. The van der Waals surface area contributed by atoms with E-state index in [2.05, 4.69) is 6.92 Å². The number of methoxy groups -OCH3 is 1. The standard InChI is InChI=1S/C13H16O3/c1-3-4-7-11-12-9(13(14)16-11)6-5-8-10(12)15-2/h5-6,8,11H,3-4,7H2,1-2H3/t11-/m0/s1. The normalized spacial score (nSPS) is 18.1. The third-order valence-corrected chi connectivity index (χ3v) is 2.90. The molecule has 0 aromatic heterocycles. The van der Waals surface area contributed by atoms with E-state index in [9.17, 15) is 4.79 Å². The van der Waals surface area contributed by atoms with Crippen molar-refractivity contribution >= 4 is 5.97 Å². The van der Waals surface area contributed by atoms with Gasteiger partial charge in [-0.05, 0) is 25.0 Å². The molecule has 1 aromatic carbocycles. The maximum atomic E-state index is 11.6. The van der Waals surface area contributed by atoms with Gasteiger partial charge in [-0.1, -0.05) is 19.4 Å². The molecule has 0 spiro atoms. The van der Waals surface area contributed by atoms with Crippen molar-refractivity contribution in [2.75, 3.05) is 7.11 Å². The van der Waals surface area contributed by atoms with Crippen LogP contribution in [0.4, 0.5) is 0 Å². The van der Waals surface area contributed by atoms with Gasteiger partial charge < -0.3 is 9.47 Å². The van der Waals surface area contributed by atoms with E-state index < -0.39 is 0 Å². The van der Waals surface area contributed by atoms with Crippen molar-refractivity contribution in [2.45, 2.75) is 32.3 Å². The average Bonchev–Trinajstić information content (AvgIpc) is 2.64. The lowest BCUT2D eigenvalue weighted by atomic mass is 10.00. The Bertz CT molecular complexity index is 398. The average molecular weight is 220 g/mol. The van der Waals surface area contributed by atoms with E-state index in [1.54, 1.807) is 13.2 Å². The Labute approximate surface area is 95.4 Å². The largest absolute Gasteiger partial charge is 0.496 e. The molecule has 2 rings (SSSR count). The number of carbonyl (C=O) groups is 1. The van der Waals surface area contributed by atoms with Gasteiger partial charge in [0, 0.05) is 5.56 Å². The van der Waals surface area contributed by atoms with Crippen LogP contribution in [0.25, 0.3) is 0 Å². The van der Waals surface area contributed by atoms with Gasteiger partial charge in [-0.3, -0.25) is 0 Å². The van der Waals surface area contributed by atoms with Crippen molar-refractivity contribution in [3.8, 4) is 5.75 Å². The molecule has 0 N–H and O–H groups in total. The number of hydrogen-bond acceptors (Lipinski definition) is 3. The van der Waals surface area contributed by atoms with E-state index in [1.807, 2.05) is 12.1 Å². The van der Waals surface area contributed by atoms with E-state index in [1.165, 1.54) is 0 Å². The first kappa shape index (κ1) is 11.0. The number of fused-ring (bicyclic) bond motifs is 1. The minimum atomic E-state index is -0.227. The first-order chi connectivity index (χ1) is 7.77. The first-order valence-corrected chi connectivity index (χ1v) is 5.65. The highest BCUT2D eigenvalue weighted by atomic mass is 16.6. The Kier molecular flexibility index (Phi) is 3.13. The highest BCUT2D eigenvalue weighted by Gasteiger charge is 2.33. The summed E-state index contributed by atoms with van der Waals surface area (Å²) < 4.78 is 10.6.